The van der Waals surface area contributed by atoms with E-state index in [1.54, 1.807) is 18.2 Å². The fraction of sp³-hybridized carbons (Fsp3) is 0.538. The third-order valence-corrected chi connectivity index (χ3v) is 3.66. The van der Waals surface area contributed by atoms with Crippen molar-refractivity contribution in [2.45, 2.75) is 39.3 Å². The van der Waals surface area contributed by atoms with Gasteiger partial charge >= 0.3 is 0 Å². The summed E-state index contributed by atoms with van der Waals surface area (Å²) in [7, 11) is 0. The van der Waals surface area contributed by atoms with Crippen molar-refractivity contribution < 1.29 is 5.11 Å². The molecule has 0 amide bonds. The van der Waals surface area contributed by atoms with Gasteiger partial charge in [-0.15, -0.1) is 12.4 Å². The molecule has 0 bridgehead atoms. The molecule has 0 heterocycles. The first kappa shape index (κ1) is 18.0. The first-order chi connectivity index (χ1) is 7.71. The van der Waals surface area contributed by atoms with E-state index in [1.807, 2.05) is 0 Å². The Hall–Kier alpha value is 0.01000. The zero-order valence-corrected chi connectivity index (χ0v) is 13.1. The Morgan fingerprint density at radius 2 is 1.78 bits per heavy atom. The minimum Gasteiger partial charge on any atom is -0.388 e. The van der Waals surface area contributed by atoms with Crippen molar-refractivity contribution in [2.24, 2.45) is 11.1 Å². The summed E-state index contributed by atoms with van der Waals surface area (Å²) in [5, 5.41) is 11.0. The van der Waals surface area contributed by atoms with Crippen molar-refractivity contribution in [1.29, 1.82) is 0 Å². The average molecular weight is 313 g/mol. The summed E-state index contributed by atoms with van der Waals surface area (Å²) < 4.78 is 0. The second kappa shape index (κ2) is 6.97. The summed E-state index contributed by atoms with van der Waals surface area (Å²) in [4.78, 5) is 0. The molecular formula is C13H20Cl3NO. The lowest BCUT2D eigenvalue weighted by Crippen LogP contribution is -2.36. The van der Waals surface area contributed by atoms with Crippen LogP contribution in [0.4, 0.5) is 0 Å². The van der Waals surface area contributed by atoms with Crippen LogP contribution in [-0.4, -0.2) is 11.1 Å². The second-order valence-electron chi connectivity index (χ2n) is 5.40. The molecule has 1 aromatic rings. The summed E-state index contributed by atoms with van der Waals surface area (Å²) in [6.45, 7) is 6.16. The van der Waals surface area contributed by atoms with Crippen LogP contribution in [0.15, 0.2) is 18.2 Å². The van der Waals surface area contributed by atoms with Crippen molar-refractivity contribution >= 4 is 35.6 Å². The van der Waals surface area contributed by atoms with Gasteiger partial charge in [0.15, 0.2) is 0 Å². The Morgan fingerprint density at radius 1 is 1.22 bits per heavy atom. The highest BCUT2D eigenvalue weighted by atomic mass is 35.5. The molecule has 5 heteroatoms. The van der Waals surface area contributed by atoms with Crippen LogP contribution in [0, 0.1) is 5.41 Å². The van der Waals surface area contributed by atoms with E-state index in [4.69, 9.17) is 28.9 Å². The van der Waals surface area contributed by atoms with Crippen LogP contribution in [0.5, 0.6) is 0 Å². The van der Waals surface area contributed by atoms with Crippen LogP contribution in [0.2, 0.25) is 10.0 Å². The third-order valence-electron chi connectivity index (χ3n) is 2.92. The molecule has 0 aliphatic rings. The van der Waals surface area contributed by atoms with Crippen molar-refractivity contribution in [1.82, 2.24) is 0 Å². The van der Waals surface area contributed by atoms with Crippen LogP contribution >= 0.6 is 35.6 Å². The standard InChI is InChI=1S/C13H19Cl2NO.ClH/c1-13(2,3)12(16)7-11(17)8-4-5-9(14)10(15)6-8;/h4-6,11-12,17H,7,16H2,1-3H3;1H/t11-,12-;/m1./s1. The molecule has 18 heavy (non-hydrogen) atoms. The number of aliphatic hydroxyl groups excluding tert-OH is 1. The Bertz CT molecular complexity index is 390. The van der Waals surface area contributed by atoms with Gasteiger partial charge in [0, 0.05) is 6.04 Å². The summed E-state index contributed by atoms with van der Waals surface area (Å²) >= 11 is 11.7. The molecule has 2 nitrogen and oxygen atoms in total. The lowest BCUT2D eigenvalue weighted by atomic mass is 9.83. The predicted molar refractivity (Wildman–Crippen MR) is 80.7 cm³/mol. The van der Waals surface area contributed by atoms with E-state index in [0.29, 0.717) is 16.5 Å². The van der Waals surface area contributed by atoms with Crippen LogP contribution < -0.4 is 5.73 Å². The molecule has 2 atom stereocenters. The summed E-state index contributed by atoms with van der Waals surface area (Å²) in [6, 6.07) is 5.07. The van der Waals surface area contributed by atoms with Crippen LogP contribution in [0.1, 0.15) is 38.9 Å². The minimum atomic E-state index is -0.612. The van der Waals surface area contributed by atoms with Gasteiger partial charge in [-0.1, -0.05) is 50.0 Å². The molecule has 0 aliphatic carbocycles. The van der Waals surface area contributed by atoms with Gasteiger partial charge in [0.2, 0.25) is 0 Å². The Kier molecular flexibility index (Phi) is 6.97. The van der Waals surface area contributed by atoms with E-state index in [9.17, 15) is 5.11 Å². The molecule has 104 valence electrons. The van der Waals surface area contributed by atoms with Crippen LogP contribution in [0.25, 0.3) is 0 Å². The number of hydrogen-bond donors (Lipinski definition) is 2. The first-order valence-corrected chi connectivity index (χ1v) is 6.36. The SMILES string of the molecule is CC(C)(C)[C@H](N)C[C@@H](O)c1ccc(Cl)c(Cl)c1.Cl. The number of aliphatic hydroxyl groups is 1. The number of hydrogen-bond acceptors (Lipinski definition) is 2. The van der Waals surface area contributed by atoms with Gasteiger partial charge in [-0.2, -0.15) is 0 Å². The molecule has 0 aliphatic heterocycles. The Morgan fingerprint density at radius 3 is 2.22 bits per heavy atom. The molecule has 0 aromatic heterocycles. The fourth-order valence-electron chi connectivity index (χ4n) is 1.45. The second-order valence-corrected chi connectivity index (χ2v) is 6.21. The number of rotatable bonds is 3. The molecular weight excluding hydrogens is 293 g/mol. The highest BCUT2D eigenvalue weighted by Crippen LogP contribution is 2.30. The fourth-order valence-corrected chi connectivity index (χ4v) is 1.76. The predicted octanol–water partition coefficient (Wildman–Crippen LogP) is 4.21. The topological polar surface area (TPSA) is 46.2 Å². The zero-order chi connectivity index (χ0) is 13.2. The Labute approximate surface area is 125 Å². The van der Waals surface area contributed by atoms with E-state index in [2.05, 4.69) is 20.8 Å². The zero-order valence-electron chi connectivity index (χ0n) is 10.8. The molecule has 1 rings (SSSR count). The van der Waals surface area contributed by atoms with Crippen molar-refractivity contribution in [3.8, 4) is 0 Å². The van der Waals surface area contributed by atoms with Gasteiger partial charge in [0.25, 0.3) is 0 Å². The highest BCUT2D eigenvalue weighted by molar-refractivity contribution is 6.42. The highest BCUT2D eigenvalue weighted by Gasteiger charge is 2.24. The third kappa shape index (κ3) is 4.94. The number of nitrogens with two attached hydrogens (primary N) is 1. The molecule has 0 spiro atoms. The van der Waals surface area contributed by atoms with Gasteiger partial charge in [0.05, 0.1) is 16.1 Å². The molecule has 0 fully saturated rings. The lowest BCUT2D eigenvalue weighted by Gasteiger charge is -2.29. The van der Waals surface area contributed by atoms with Crippen molar-refractivity contribution in [3.05, 3.63) is 33.8 Å². The van der Waals surface area contributed by atoms with Gasteiger partial charge in [-0.25, -0.2) is 0 Å². The summed E-state index contributed by atoms with van der Waals surface area (Å²) in [5.74, 6) is 0. The maximum atomic E-state index is 10.1. The number of halogens is 3. The van der Waals surface area contributed by atoms with E-state index in [0.717, 1.165) is 5.56 Å². The molecule has 0 saturated carbocycles. The molecule has 0 unspecified atom stereocenters. The number of benzene rings is 1. The van der Waals surface area contributed by atoms with E-state index in [1.165, 1.54) is 0 Å². The van der Waals surface area contributed by atoms with Gasteiger partial charge < -0.3 is 10.8 Å². The van der Waals surface area contributed by atoms with E-state index in [-0.39, 0.29) is 23.9 Å². The van der Waals surface area contributed by atoms with Crippen LogP contribution in [-0.2, 0) is 0 Å². The molecule has 0 radical (unpaired) electrons. The summed E-state index contributed by atoms with van der Waals surface area (Å²) in [5.41, 5.74) is 6.76. The lowest BCUT2D eigenvalue weighted by molar-refractivity contribution is 0.133. The maximum Gasteiger partial charge on any atom is 0.0805 e. The first-order valence-electron chi connectivity index (χ1n) is 5.60. The molecule has 3 N–H and O–H groups in total. The monoisotopic (exact) mass is 311 g/mol. The van der Waals surface area contributed by atoms with Gasteiger partial charge in [-0.05, 0) is 29.5 Å². The smallest absolute Gasteiger partial charge is 0.0805 e. The van der Waals surface area contributed by atoms with Crippen molar-refractivity contribution in [2.75, 3.05) is 0 Å². The summed E-state index contributed by atoms with van der Waals surface area (Å²) in [6.07, 6.45) is -0.111. The normalized spacial score (nSPS) is 14.8. The van der Waals surface area contributed by atoms with E-state index < -0.39 is 6.10 Å². The van der Waals surface area contributed by atoms with E-state index >= 15 is 0 Å². The average Bonchev–Trinajstić information content (AvgIpc) is 2.20. The maximum absolute atomic E-state index is 10.1. The van der Waals surface area contributed by atoms with Gasteiger partial charge in [0.1, 0.15) is 0 Å². The van der Waals surface area contributed by atoms with Crippen LogP contribution in [0.3, 0.4) is 0 Å². The molecule has 0 saturated heterocycles. The quantitative estimate of drug-likeness (QED) is 0.878. The largest absolute Gasteiger partial charge is 0.388 e. The molecule has 1 aromatic carbocycles. The minimum absolute atomic E-state index is 0. The van der Waals surface area contributed by atoms with Crippen molar-refractivity contribution in [3.63, 3.8) is 0 Å². The Balaban J connectivity index is 0.00000289. The van der Waals surface area contributed by atoms with Gasteiger partial charge in [-0.3, -0.25) is 0 Å².